The van der Waals surface area contributed by atoms with Gasteiger partial charge in [-0.05, 0) is 55.0 Å². The Morgan fingerprint density at radius 3 is 2.20 bits per heavy atom. The SMILES string of the molecule is Cc1cc(Br)ccc1NC(=O)c1ccc(C(=O)O)cc1. The lowest BCUT2D eigenvalue weighted by atomic mass is 10.1. The molecule has 0 aromatic heterocycles. The number of rotatable bonds is 3. The van der Waals surface area contributed by atoms with Crippen LogP contribution in [-0.4, -0.2) is 17.0 Å². The smallest absolute Gasteiger partial charge is 0.335 e. The average molecular weight is 334 g/mol. The second kappa shape index (κ2) is 5.88. The summed E-state index contributed by atoms with van der Waals surface area (Å²) in [5.74, 6) is -1.28. The highest BCUT2D eigenvalue weighted by Crippen LogP contribution is 2.20. The van der Waals surface area contributed by atoms with Gasteiger partial charge in [0, 0.05) is 15.7 Å². The fourth-order valence-corrected chi connectivity index (χ4v) is 2.20. The van der Waals surface area contributed by atoms with E-state index >= 15 is 0 Å². The second-order valence-electron chi connectivity index (χ2n) is 4.30. The van der Waals surface area contributed by atoms with Crippen LogP contribution in [0, 0.1) is 6.92 Å². The Morgan fingerprint density at radius 1 is 1.05 bits per heavy atom. The number of aryl methyl sites for hydroxylation is 1. The van der Waals surface area contributed by atoms with E-state index in [9.17, 15) is 9.59 Å². The summed E-state index contributed by atoms with van der Waals surface area (Å²) in [7, 11) is 0. The molecule has 0 aliphatic heterocycles. The Morgan fingerprint density at radius 2 is 1.65 bits per heavy atom. The Bertz CT molecular complexity index is 665. The van der Waals surface area contributed by atoms with Crippen molar-refractivity contribution in [1.82, 2.24) is 0 Å². The predicted octanol–water partition coefficient (Wildman–Crippen LogP) is 3.71. The molecule has 0 heterocycles. The zero-order chi connectivity index (χ0) is 14.7. The number of benzene rings is 2. The fraction of sp³-hybridized carbons (Fsp3) is 0.0667. The third kappa shape index (κ3) is 3.24. The van der Waals surface area contributed by atoms with Gasteiger partial charge in [-0.1, -0.05) is 15.9 Å². The minimum absolute atomic E-state index is 0.154. The van der Waals surface area contributed by atoms with Gasteiger partial charge in [-0.3, -0.25) is 4.79 Å². The van der Waals surface area contributed by atoms with Crippen molar-refractivity contribution in [3.05, 3.63) is 63.6 Å². The number of anilines is 1. The maximum atomic E-state index is 12.1. The molecule has 0 atom stereocenters. The van der Waals surface area contributed by atoms with E-state index < -0.39 is 5.97 Å². The van der Waals surface area contributed by atoms with E-state index in [-0.39, 0.29) is 11.5 Å². The van der Waals surface area contributed by atoms with E-state index in [1.54, 1.807) is 0 Å². The largest absolute Gasteiger partial charge is 0.478 e. The highest BCUT2D eigenvalue weighted by molar-refractivity contribution is 9.10. The normalized spacial score (nSPS) is 10.1. The predicted molar refractivity (Wildman–Crippen MR) is 80.2 cm³/mol. The fourth-order valence-electron chi connectivity index (χ4n) is 1.73. The van der Waals surface area contributed by atoms with Gasteiger partial charge in [0.25, 0.3) is 5.91 Å². The molecule has 102 valence electrons. The lowest BCUT2D eigenvalue weighted by Gasteiger charge is -2.09. The van der Waals surface area contributed by atoms with Crippen LogP contribution in [0.5, 0.6) is 0 Å². The van der Waals surface area contributed by atoms with Gasteiger partial charge >= 0.3 is 5.97 Å². The summed E-state index contributed by atoms with van der Waals surface area (Å²) in [5, 5.41) is 11.6. The van der Waals surface area contributed by atoms with Gasteiger partial charge in [0.2, 0.25) is 0 Å². The van der Waals surface area contributed by atoms with E-state index in [1.807, 2.05) is 25.1 Å². The number of hydrogen-bond donors (Lipinski definition) is 2. The molecule has 2 aromatic carbocycles. The minimum atomic E-state index is -1.01. The molecule has 0 fully saturated rings. The molecule has 0 unspecified atom stereocenters. The molecule has 0 saturated heterocycles. The topological polar surface area (TPSA) is 66.4 Å². The first-order valence-electron chi connectivity index (χ1n) is 5.88. The third-order valence-electron chi connectivity index (χ3n) is 2.83. The van der Waals surface area contributed by atoms with Crippen molar-refractivity contribution in [1.29, 1.82) is 0 Å². The van der Waals surface area contributed by atoms with Crippen LogP contribution in [-0.2, 0) is 0 Å². The number of carboxylic acids is 1. The van der Waals surface area contributed by atoms with Crippen LogP contribution < -0.4 is 5.32 Å². The van der Waals surface area contributed by atoms with Crippen molar-refractivity contribution in [2.45, 2.75) is 6.92 Å². The zero-order valence-electron chi connectivity index (χ0n) is 10.7. The van der Waals surface area contributed by atoms with Crippen molar-refractivity contribution in [2.75, 3.05) is 5.32 Å². The Labute approximate surface area is 124 Å². The number of hydrogen-bond acceptors (Lipinski definition) is 2. The summed E-state index contributed by atoms with van der Waals surface area (Å²) in [5.41, 5.74) is 2.23. The summed E-state index contributed by atoms with van der Waals surface area (Å²) in [6, 6.07) is 11.4. The number of carboxylic acid groups (broad SMARTS) is 1. The lowest BCUT2D eigenvalue weighted by molar-refractivity contribution is 0.0696. The molecule has 0 saturated carbocycles. The molecule has 20 heavy (non-hydrogen) atoms. The Balaban J connectivity index is 2.17. The minimum Gasteiger partial charge on any atom is -0.478 e. The summed E-state index contributed by atoms with van der Waals surface area (Å²) in [4.78, 5) is 22.8. The first kappa shape index (κ1) is 14.3. The van der Waals surface area contributed by atoms with Crippen LogP contribution in [0.2, 0.25) is 0 Å². The highest BCUT2D eigenvalue weighted by Gasteiger charge is 2.09. The highest BCUT2D eigenvalue weighted by atomic mass is 79.9. The molecule has 1 amide bonds. The summed E-state index contributed by atoms with van der Waals surface area (Å²) in [6.07, 6.45) is 0. The van der Waals surface area contributed by atoms with Crippen LogP contribution in [0.25, 0.3) is 0 Å². The monoisotopic (exact) mass is 333 g/mol. The Hall–Kier alpha value is -2.14. The van der Waals surface area contributed by atoms with Crippen molar-refractivity contribution in [2.24, 2.45) is 0 Å². The summed E-state index contributed by atoms with van der Waals surface area (Å²) >= 11 is 3.36. The van der Waals surface area contributed by atoms with E-state index in [0.29, 0.717) is 5.56 Å². The number of amides is 1. The van der Waals surface area contributed by atoms with E-state index in [1.165, 1.54) is 24.3 Å². The number of nitrogens with one attached hydrogen (secondary N) is 1. The average Bonchev–Trinajstić information content (AvgIpc) is 2.42. The van der Waals surface area contributed by atoms with Crippen LogP contribution in [0.1, 0.15) is 26.3 Å². The van der Waals surface area contributed by atoms with Crippen molar-refractivity contribution >= 4 is 33.5 Å². The van der Waals surface area contributed by atoms with Gasteiger partial charge in [-0.2, -0.15) is 0 Å². The molecule has 0 spiro atoms. The number of halogens is 1. The lowest BCUT2D eigenvalue weighted by Crippen LogP contribution is -2.13. The standard InChI is InChI=1S/C15H12BrNO3/c1-9-8-12(16)6-7-13(9)17-14(18)10-2-4-11(5-3-10)15(19)20/h2-8H,1H3,(H,17,18)(H,19,20). The van der Waals surface area contributed by atoms with Crippen LogP contribution in [0.4, 0.5) is 5.69 Å². The maximum absolute atomic E-state index is 12.1. The van der Waals surface area contributed by atoms with Gasteiger partial charge in [-0.25, -0.2) is 4.79 Å². The first-order chi connectivity index (χ1) is 9.47. The molecule has 0 aliphatic rings. The summed E-state index contributed by atoms with van der Waals surface area (Å²) < 4.78 is 0.943. The van der Waals surface area contributed by atoms with E-state index in [4.69, 9.17) is 5.11 Å². The first-order valence-corrected chi connectivity index (χ1v) is 6.67. The van der Waals surface area contributed by atoms with Crippen LogP contribution in [0.3, 0.4) is 0 Å². The molecule has 0 aliphatic carbocycles. The molecule has 4 nitrogen and oxygen atoms in total. The number of carbonyl (C=O) groups is 2. The molecule has 0 bridgehead atoms. The molecule has 2 N–H and O–H groups in total. The van der Waals surface area contributed by atoms with E-state index in [2.05, 4.69) is 21.2 Å². The van der Waals surface area contributed by atoms with Gasteiger partial charge in [0.1, 0.15) is 0 Å². The zero-order valence-corrected chi connectivity index (χ0v) is 12.3. The molecule has 5 heteroatoms. The van der Waals surface area contributed by atoms with Crippen molar-refractivity contribution in [3.8, 4) is 0 Å². The molecule has 2 aromatic rings. The molecule has 0 radical (unpaired) electrons. The van der Waals surface area contributed by atoms with Crippen LogP contribution >= 0.6 is 15.9 Å². The Kier molecular flexibility index (Phi) is 4.20. The van der Waals surface area contributed by atoms with Gasteiger partial charge in [0.15, 0.2) is 0 Å². The van der Waals surface area contributed by atoms with Crippen LogP contribution in [0.15, 0.2) is 46.9 Å². The maximum Gasteiger partial charge on any atom is 0.335 e. The van der Waals surface area contributed by atoms with Crippen molar-refractivity contribution < 1.29 is 14.7 Å². The molecular formula is C15H12BrNO3. The summed E-state index contributed by atoms with van der Waals surface area (Å²) in [6.45, 7) is 1.90. The second-order valence-corrected chi connectivity index (χ2v) is 5.21. The molecule has 2 rings (SSSR count). The van der Waals surface area contributed by atoms with E-state index in [0.717, 1.165) is 15.7 Å². The molecular weight excluding hydrogens is 322 g/mol. The van der Waals surface area contributed by atoms with Crippen molar-refractivity contribution in [3.63, 3.8) is 0 Å². The van der Waals surface area contributed by atoms with Gasteiger partial charge < -0.3 is 10.4 Å². The van der Waals surface area contributed by atoms with Gasteiger partial charge in [-0.15, -0.1) is 0 Å². The quantitative estimate of drug-likeness (QED) is 0.899. The third-order valence-corrected chi connectivity index (χ3v) is 3.32. The number of aromatic carboxylic acids is 1. The number of carbonyl (C=O) groups excluding carboxylic acids is 1. The van der Waals surface area contributed by atoms with Gasteiger partial charge in [0.05, 0.1) is 5.56 Å².